The van der Waals surface area contributed by atoms with Gasteiger partial charge in [-0.1, -0.05) is 6.07 Å². The molecule has 0 radical (unpaired) electrons. The predicted molar refractivity (Wildman–Crippen MR) is 107 cm³/mol. The highest BCUT2D eigenvalue weighted by Crippen LogP contribution is 2.33. The molecule has 0 spiro atoms. The lowest BCUT2D eigenvalue weighted by atomic mass is 10.0. The van der Waals surface area contributed by atoms with Crippen molar-refractivity contribution in [1.82, 2.24) is 14.9 Å². The van der Waals surface area contributed by atoms with E-state index in [9.17, 15) is 5.11 Å². The number of phenols is 1. The molecule has 1 aromatic carbocycles. The number of pyridine rings is 2. The molecule has 0 amide bonds. The summed E-state index contributed by atoms with van der Waals surface area (Å²) in [5.74, 6) is 0.254. The summed E-state index contributed by atoms with van der Waals surface area (Å²) in [5, 5.41) is 11.4. The van der Waals surface area contributed by atoms with Gasteiger partial charge in [0.05, 0.1) is 11.4 Å². The summed E-state index contributed by atoms with van der Waals surface area (Å²) in [6, 6.07) is 11.9. The van der Waals surface area contributed by atoms with Crippen molar-refractivity contribution in [3.8, 4) is 17.0 Å². The van der Waals surface area contributed by atoms with E-state index in [2.05, 4.69) is 18.0 Å². The maximum absolute atomic E-state index is 10.4. The van der Waals surface area contributed by atoms with Crippen LogP contribution < -0.4 is 0 Å². The number of hydrogen-bond acceptors (Lipinski definition) is 5. The van der Waals surface area contributed by atoms with Crippen molar-refractivity contribution in [1.29, 1.82) is 0 Å². The van der Waals surface area contributed by atoms with E-state index in [1.165, 1.54) is 0 Å². The van der Waals surface area contributed by atoms with Crippen molar-refractivity contribution in [3.63, 3.8) is 0 Å². The molecule has 4 rings (SSSR count). The Bertz CT molecular complexity index is 963. The molecule has 1 aliphatic rings. The maximum atomic E-state index is 10.4. The lowest BCUT2D eigenvalue weighted by molar-refractivity contribution is 0.0541. The Balaban J connectivity index is 1.76. The smallest absolute Gasteiger partial charge is 0.160 e. The summed E-state index contributed by atoms with van der Waals surface area (Å²) in [7, 11) is 2.11. The summed E-state index contributed by atoms with van der Waals surface area (Å²) in [5.41, 5.74) is 5.13. The van der Waals surface area contributed by atoms with Gasteiger partial charge in [0.15, 0.2) is 5.65 Å². The van der Waals surface area contributed by atoms with Gasteiger partial charge in [0.2, 0.25) is 0 Å². The summed E-state index contributed by atoms with van der Waals surface area (Å²) in [6.45, 7) is 6.59. The molecule has 140 valence electrons. The molecule has 1 unspecified atom stereocenters. The molecule has 1 atom stereocenters. The van der Waals surface area contributed by atoms with Crippen LogP contribution in [0, 0.1) is 13.8 Å². The fourth-order valence-corrected chi connectivity index (χ4v) is 3.78. The standard InChI is InChI=1S/C22H25N3O2/c1-14-11-15(2)21(19(26)12-14)18-8-6-16-5-7-17(23-22(16)24-18)20-13-25(3)9-4-10-27-20/h5-8,11-12,20,26H,4,9-10,13H2,1-3H3. The van der Waals surface area contributed by atoms with E-state index in [1.54, 1.807) is 6.07 Å². The molecule has 3 aromatic rings. The fraction of sp³-hybridized carbons (Fsp3) is 0.364. The molecule has 0 saturated carbocycles. The second-order valence-electron chi connectivity index (χ2n) is 7.43. The summed E-state index contributed by atoms with van der Waals surface area (Å²) in [6.07, 6.45) is 0.997. The Morgan fingerprint density at radius 3 is 2.74 bits per heavy atom. The Morgan fingerprint density at radius 2 is 1.93 bits per heavy atom. The molecule has 1 aliphatic heterocycles. The maximum Gasteiger partial charge on any atom is 0.160 e. The van der Waals surface area contributed by atoms with Crippen molar-refractivity contribution in [2.24, 2.45) is 0 Å². The number of benzene rings is 1. The highest BCUT2D eigenvalue weighted by Gasteiger charge is 2.20. The third-order valence-corrected chi connectivity index (χ3v) is 5.10. The van der Waals surface area contributed by atoms with E-state index in [1.807, 2.05) is 38.1 Å². The molecule has 5 nitrogen and oxygen atoms in total. The van der Waals surface area contributed by atoms with Gasteiger partial charge < -0.3 is 14.7 Å². The Kier molecular flexibility index (Phi) is 4.81. The third kappa shape index (κ3) is 3.66. The van der Waals surface area contributed by atoms with Gasteiger partial charge in [-0.3, -0.25) is 0 Å². The first kappa shape index (κ1) is 17.9. The minimum Gasteiger partial charge on any atom is -0.507 e. The van der Waals surface area contributed by atoms with Crippen molar-refractivity contribution < 1.29 is 9.84 Å². The van der Waals surface area contributed by atoms with E-state index in [0.717, 1.165) is 59.6 Å². The topological polar surface area (TPSA) is 58.5 Å². The van der Waals surface area contributed by atoms with Gasteiger partial charge in [0.1, 0.15) is 11.9 Å². The first-order chi connectivity index (χ1) is 13.0. The number of aromatic hydroxyl groups is 1. The van der Waals surface area contributed by atoms with Crippen LogP contribution in [0.15, 0.2) is 36.4 Å². The SMILES string of the molecule is Cc1cc(C)c(-c2ccc3ccc(C4CN(C)CCCO4)nc3n2)c(O)c1. The number of fused-ring (bicyclic) bond motifs is 1. The van der Waals surface area contributed by atoms with Crippen LogP contribution in [0.4, 0.5) is 0 Å². The largest absolute Gasteiger partial charge is 0.507 e. The number of likely N-dealkylation sites (N-methyl/N-ethyl adjacent to an activating group) is 1. The molecular formula is C22H25N3O2. The average molecular weight is 363 g/mol. The molecule has 2 aromatic heterocycles. The van der Waals surface area contributed by atoms with Crippen LogP contribution in [0.5, 0.6) is 5.75 Å². The lowest BCUT2D eigenvalue weighted by Crippen LogP contribution is -2.24. The number of nitrogens with zero attached hydrogens (tertiary/aromatic N) is 3. The highest BCUT2D eigenvalue weighted by molar-refractivity contribution is 5.81. The van der Waals surface area contributed by atoms with Crippen molar-refractivity contribution in [2.75, 3.05) is 26.7 Å². The van der Waals surface area contributed by atoms with Gasteiger partial charge in [-0.25, -0.2) is 9.97 Å². The quantitative estimate of drug-likeness (QED) is 0.745. The first-order valence-corrected chi connectivity index (χ1v) is 9.40. The molecule has 1 saturated heterocycles. The van der Waals surface area contributed by atoms with Crippen LogP contribution in [-0.2, 0) is 4.74 Å². The number of phenolic OH excluding ortho intramolecular Hbond substituents is 1. The van der Waals surface area contributed by atoms with Crippen LogP contribution in [0.25, 0.3) is 22.3 Å². The van der Waals surface area contributed by atoms with Gasteiger partial charge in [-0.2, -0.15) is 0 Å². The highest BCUT2D eigenvalue weighted by atomic mass is 16.5. The van der Waals surface area contributed by atoms with Crippen LogP contribution in [0.1, 0.15) is 29.3 Å². The zero-order chi connectivity index (χ0) is 19.0. The third-order valence-electron chi connectivity index (χ3n) is 5.10. The monoisotopic (exact) mass is 363 g/mol. The van der Waals surface area contributed by atoms with E-state index in [4.69, 9.17) is 14.7 Å². The second kappa shape index (κ2) is 7.25. The number of ether oxygens (including phenoxy) is 1. The molecule has 1 fully saturated rings. The van der Waals surface area contributed by atoms with E-state index >= 15 is 0 Å². The summed E-state index contributed by atoms with van der Waals surface area (Å²) < 4.78 is 6.00. The van der Waals surface area contributed by atoms with Gasteiger partial charge in [0, 0.05) is 30.6 Å². The number of aryl methyl sites for hydroxylation is 2. The van der Waals surface area contributed by atoms with Crippen LogP contribution >= 0.6 is 0 Å². The Hall–Kier alpha value is -2.50. The average Bonchev–Trinajstić information content (AvgIpc) is 2.85. The van der Waals surface area contributed by atoms with E-state index in [0.29, 0.717) is 5.65 Å². The zero-order valence-electron chi connectivity index (χ0n) is 16.1. The Labute approximate surface area is 159 Å². The molecular weight excluding hydrogens is 338 g/mol. The predicted octanol–water partition coefficient (Wildman–Crippen LogP) is 4.01. The molecule has 0 bridgehead atoms. The fourth-order valence-electron chi connectivity index (χ4n) is 3.78. The van der Waals surface area contributed by atoms with Gasteiger partial charge >= 0.3 is 0 Å². The van der Waals surface area contributed by atoms with Crippen LogP contribution in [0.3, 0.4) is 0 Å². The molecule has 5 heteroatoms. The van der Waals surface area contributed by atoms with E-state index in [-0.39, 0.29) is 11.9 Å². The zero-order valence-corrected chi connectivity index (χ0v) is 16.1. The summed E-state index contributed by atoms with van der Waals surface area (Å²) in [4.78, 5) is 11.8. The van der Waals surface area contributed by atoms with Crippen molar-refractivity contribution in [3.05, 3.63) is 53.2 Å². The van der Waals surface area contributed by atoms with Crippen LogP contribution in [-0.4, -0.2) is 46.7 Å². The molecule has 3 heterocycles. The van der Waals surface area contributed by atoms with Gasteiger partial charge in [-0.05, 0) is 68.8 Å². The first-order valence-electron chi connectivity index (χ1n) is 9.40. The Morgan fingerprint density at radius 1 is 1.11 bits per heavy atom. The van der Waals surface area contributed by atoms with Crippen molar-refractivity contribution >= 4 is 11.0 Å². The molecule has 27 heavy (non-hydrogen) atoms. The molecule has 0 aliphatic carbocycles. The minimum absolute atomic E-state index is 0.0399. The number of aromatic nitrogens is 2. The number of hydrogen-bond donors (Lipinski definition) is 1. The van der Waals surface area contributed by atoms with E-state index < -0.39 is 0 Å². The van der Waals surface area contributed by atoms with Gasteiger partial charge in [0.25, 0.3) is 0 Å². The van der Waals surface area contributed by atoms with Gasteiger partial charge in [-0.15, -0.1) is 0 Å². The van der Waals surface area contributed by atoms with Crippen LogP contribution in [0.2, 0.25) is 0 Å². The second-order valence-corrected chi connectivity index (χ2v) is 7.43. The molecule has 1 N–H and O–H groups in total. The minimum atomic E-state index is -0.0399. The lowest BCUT2D eigenvalue weighted by Gasteiger charge is -2.19. The summed E-state index contributed by atoms with van der Waals surface area (Å²) >= 11 is 0. The number of rotatable bonds is 2. The van der Waals surface area contributed by atoms with Crippen molar-refractivity contribution in [2.45, 2.75) is 26.4 Å². The normalized spacial score (nSPS) is 18.6.